The van der Waals surface area contributed by atoms with Gasteiger partial charge in [-0.15, -0.1) is 6.58 Å². The lowest BCUT2D eigenvalue weighted by Gasteiger charge is -2.43. The largest absolute Gasteiger partial charge is 0.107 e. The maximum absolute atomic E-state index is 4.39. The summed E-state index contributed by atoms with van der Waals surface area (Å²) < 4.78 is 0. The summed E-state index contributed by atoms with van der Waals surface area (Å²) in [6.45, 7) is 23.7. The van der Waals surface area contributed by atoms with Crippen molar-refractivity contribution in [2.24, 2.45) is 0 Å². The number of rotatable bonds is 2. The van der Waals surface area contributed by atoms with E-state index >= 15 is 0 Å². The first-order chi connectivity index (χ1) is 5.40. The van der Waals surface area contributed by atoms with Crippen LogP contribution in [0.25, 0.3) is 0 Å². The van der Waals surface area contributed by atoms with E-state index in [-0.39, 0.29) is 0 Å². The van der Waals surface area contributed by atoms with Gasteiger partial charge < -0.3 is 0 Å². The van der Waals surface area contributed by atoms with Crippen molar-refractivity contribution < 1.29 is 0 Å². The molecule has 13 heavy (non-hydrogen) atoms. The third kappa shape index (κ3) is 2.81. The molecule has 0 atom stereocenters. The fourth-order valence-corrected chi connectivity index (χ4v) is 10.9. The van der Waals surface area contributed by atoms with Crippen molar-refractivity contribution in [2.75, 3.05) is 0 Å². The smallest absolute Gasteiger partial charge is 0.0757 e. The maximum Gasteiger partial charge on any atom is 0.0757 e. The molecule has 0 aliphatic carbocycles. The molecule has 78 valence electrons. The van der Waals surface area contributed by atoms with Crippen molar-refractivity contribution in [3.8, 4) is 0 Å². The lowest BCUT2D eigenvalue weighted by molar-refractivity contribution is 0.727. The highest BCUT2D eigenvalue weighted by molar-refractivity contribution is 7.06. The fraction of sp³-hybridized carbons (Fsp3) is 0.818. The monoisotopic (exact) mass is 214 g/mol. The Kier molecular flexibility index (Phi) is 3.44. The van der Waals surface area contributed by atoms with E-state index in [4.69, 9.17) is 0 Å². The molecule has 0 saturated heterocycles. The summed E-state index contributed by atoms with van der Waals surface area (Å²) in [5.41, 5.74) is 0. The molecule has 2 heteroatoms. The van der Waals surface area contributed by atoms with Crippen LogP contribution in [0.15, 0.2) is 11.4 Å². The van der Waals surface area contributed by atoms with Crippen molar-refractivity contribution in [1.82, 2.24) is 0 Å². The summed E-state index contributed by atoms with van der Waals surface area (Å²) in [6.07, 6.45) is 0. The van der Waals surface area contributed by atoms with Crippen LogP contribution in [-0.2, 0) is 0 Å². The van der Waals surface area contributed by atoms with Gasteiger partial charge in [-0.2, -0.15) is 0 Å². The van der Waals surface area contributed by atoms with Gasteiger partial charge in [0.1, 0.15) is 0 Å². The minimum atomic E-state index is -1.28. The van der Waals surface area contributed by atoms with E-state index in [0.717, 1.165) is 0 Å². The van der Waals surface area contributed by atoms with Crippen LogP contribution in [0.2, 0.25) is 37.8 Å². The van der Waals surface area contributed by atoms with Crippen molar-refractivity contribution in [2.45, 2.75) is 58.5 Å². The van der Waals surface area contributed by atoms with Gasteiger partial charge in [0.15, 0.2) is 0 Å². The molecule has 0 saturated carbocycles. The quantitative estimate of drug-likeness (QED) is 0.595. The van der Waals surface area contributed by atoms with Gasteiger partial charge in [-0.3, -0.25) is 0 Å². The predicted molar refractivity (Wildman–Crippen MR) is 69.7 cm³/mol. The molecular weight excluding hydrogens is 188 g/mol. The molecule has 0 spiro atoms. The van der Waals surface area contributed by atoms with E-state index in [0.29, 0.717) is 5.04 Å². The second-order valence-electron chi connectivity index (χ2n) is 6.60. The second kappa shape index (κ2) is 3.39. The molecule has 0 aliphatic heterocycles. The third-order valence-corrected chi connectivity index (χ3v) is 14.7. The van der Waals surface area contributed by atoms with Crippen LogP contribution in [-0.4, -0.2) is 16.1 Å². The van der Waals surface area contributed by atoms with E-state index in [9.17, 15) is 0 Å². The first-order valence-corrected chi connectivity index (χ1v) is 11.6. The first-order valence-electron chi connectivity index (χ1n) is 5.10. The van der Waals surface area contributed by atoms with Crippen LogP contribution in [0.4, 0.5) is 0 Å². The van der Waals surface area contributed by atoms with Crippen LogP contribution in [0.1, 0.15) is 20.8 Å². The van der Waals surface area contributed by atoms with Crippen LogP contribution < -0.4 is 0 Å². The summed E-state index contributed by atoms with van der Waals surface area (Å²) >= 11 is 0. The molecule has 0 aromatic rings. The molecule has 0 unspecified atom stereocenters. The van der Waals surface area contributed by atoms with Crippen LogP contribution in [0.3, 0.4) is 0 Å². The van der Waals surface area contributed by atoms with Gasteiger partial charge in [-0.05, 0) is 5.04 Å². The Morgan fingerprint density at radius 3 is 1.31 bits per heavy atom. The number of hydrogen-bond donors (Lipinski definition) is 0. The van der Waals surface area contributed by atoms with Crippen molar-refractivity contribution in [1.29, 1.82) is 0 Å². The zero-order valence-electron chi connectivity index (χ0n) is 10.7. The van der Waals surface area contributed by atoms with Gasteiger partial charge in [0.05, 0.1) is 16.1 Å². The molecule has 0 nitrogen and oxygen atoms in total. The average molecular weight is 215 g/mol. The second-order valence-corrected chi connectivity index (χ2v) is 17.6. The minimum Gasteiger partial charge on any atom is -0.107 e. The zero-order chi connectivity index (χ0) is 11.1. The highest BCUT2D eigenvalue weighted by Gasteiger charge is 2.41. The number of hydrogen-bond acceptors (Lipinski definition) is 0. The van der Waals surface area contributed by atoms with Crippen molar-refractivity contribution in [3.05, 3.63) is 11.4 Å². The molecule has 0 radical (unpaired) electrons. The van der Waals surface area contributed by atoms with E-state index in [2.05, 4.69) is 60.1 Å². The standard InChI is InChI=1S/C11H26Si2/c1-10(12(5,6)7)13(8,9)11(2,3)4/h1H2,2-9H3. The summed E-state index contributed by atoms with van der Waals surface area (Å²) in [4.78, 5) is 1.62. The maximum atomic E-state index is 4.39. The van der Waals surface area contributed by atoms with Crippen LogP contribution >= 0.6 is 0 Å². The Morgan fingerprint density at radius 2 is 1.23 bits per heavy atom. The highest BCUT2D eigenvalue weighted by atomic mass is 28.4. The molecule has 0 bridgehead atoms. The molecule has 0 rings (SSSR count). The van der Waals surface area contributed by atoms with Gasteiger partial charge in [-0.25, -0.2) is 0 Å². The normalized spacial score (nSPS) is 14.5. The topological polar surface area (TPSA) is 0 Å². The molecule has 0 heterocycles. The van der Waals surface area contributed by atoms with Crippen LogP contribution in [0.5, 0.6) is 0 Å². The van der Waals surface area contributed by atoms with E-state index < -0.39 is 16.1 Å². The highest BCUT2D eigenvalue weighted by Crippen LogP contribution is 2.42. The van der Waals surface area contributed by atoms with E-state index in [1.54, 1.807) is 4.82 Å². The molecule has 0 aromatic carbocycles. The lowest BCUT2D eigenvalue weighted by atomic mass is 10.2. The SMILES string of the molecule is C=C([Si](C)(C)C)[Si](C)(C)C(C)(C)C. The summed E-state index contributed by atoms with van der Waals surface area (Å²) in [6, 6.07) is 0. The summed E-state index contributed by atoms with van der Waals surface area (Å²) in [7, 11) is -2.41. The fourth-order valence-electron chi connectivity index (χ4n) is 1.39. The Labute approximate surface area is 86.5 Å². The lowest BCUT2D eigenvalue weighted by Crippen LogP contribution is -2.47. The Morgan fingerprint density at radius 1 is 0.923 bits per heavy atom. The molecule has 0 aliphatic rings. The van der Waals surface area contributed by atoms with Gasteiger partial charge in [0.25, 0.3) is 0 Å². The molecule has 0 N–H and O–H groups in total. The first kappa shape index (κ1) is 13.2. The Hall–Kier alpha value is 0.174. The van der Waals surface area contributed by atoms with E-state index in [1.807, 2.05) is 0 Å². The van der Waals surface area contributed by atoms with Crippen molar-refractivity contribution in [3.63, 3.8) is 0 Å². The Balaban J connectivity index is 4.98. The zero-order valence-corrected chi connectivity index (χ0v) is 12.7. The molecule has 0 aromatic heterocycles. The third-order valence-electron chi connectivity index (χ3n) is 3.53. The molecule has 0 fully saturated rings. The van der Waals surface area contributed by atoms with Gasteiger partial charge in [0.2, 0.25) is 0 Å². The van der Waals surface area contributed by atoms with Gasteiger partial charge in [0, 0.05) is 0 Å². The van der Waals surface area contributed by atoms with Gasteiger partial charge >= 0.3 is 0 Å². The summed E-state index contributed by atoms with van der Waals surface area (Å²) in [5.74, 6) is 0. The van der Waals surface area contributed by atoms with Crippen LogP contribution in [0, 0.1) is 0 Å². The predicted octanol–water partition coefficient (Wildman–Crippen LogP) is 4.47. The summed E-state index contributed by atoms with van der Waals surface area (Å²) in [5, 5.41) is 0.449. The van der Waals surface area contributed by atoms with E-state index in [1.165, 1.54) is 0 Å². The molecule has 0 amide bonds. The van der Waals surface area contributed by atoms with Crippen molar-refractivity contribution >= 4 is 16.1 Å². The Bertz CT molecular complexity index is 201. The van der Waals surface area contributed by atoms with Gasteiger partial charge in [-0.1, -0.05) is 58.3 Å². The average Bonchev–Trinajstić information content (AvgIpc) is 1.81. The minimum absolute atomic E-state index is 0.449. The molecular formula is C11H26Si2.